The summed E-state index contributed by atoms with van der Waals surface area (Å²) in [6.45, 7) is 7.71. The van der Waals surface area contributed by atoms with Crippen molar-refractivity contribution >= 4 is 0 Å². The monoisotopic (exact) mass is 280 g/mol. The van der Waals surface area contributed by atoms with Crippen LogP contribution in [0.25, 0.3) is 0 Å². The fourth-order valence-electron chi connectivity index (χ4n) is 2.81. The van der Waals surface area contributed by atoms with Gasteiger partial charge in [0.25, 0.3) is 0 Å². The number of aromatic nitrogens is 2. The number of hydrogen-bond donors (Lipinski definition) is 0. The molecule has 1 fully saturated rings. The average molecular weight is 280 g/mol. The van der Waals surface area contributed by atoms with E-state index in [1.165, 1.54) is 25.8 Å². The average Bonchev–Trinajstić information content (AvgIpc) is 2.94. The van der Waals surface area contributed by atoms with E-state index in [-0.39, 0.29) is 6.04 Å². The van der Waals surface area contributed by atoms with E-state index >= 15 is 0 Å². The maximum atomic E-state index is 5.37. The lowest BCUT2D eigenvalue weighted by Gasteiger charge is -2.34. The first-order valence-electron chi connectivity index (χ1n) is 7.81. The van der Waals surface area contributed by atoms with E-state index in [4.69, 9.17) is 4.52 Å². The van der Waals surface area contributed by atoms with Crippen LogP contribution in [0, 0.1) is 5.92 Å². The molecule has 5 heteroatoms. The standard InChI is InChI=1S/C15H28N4O/c1-5-14-16-15(20-17-14)12(2)19-10-7-13(8-11-19)6-9-18(3)4/h12-13H,5-11H2,1-4H3/t12-/m1/s1. The number of hydrogen-bond acceptors (Lipinski definition) is 5. The maximum Gasteiger partial charge on any atom is 0.243 e. The Kier molecular flexibility index (Phi) is 5.54. The molecular formula is C15H28N4O. The van der Waals surface area contributed by atoms with Crippen molar-refractivity contribution in [3.8, 4) is 0 Å². The van der Waals surface area contributed by atoms with Gasteiger partial charge in [0, 0.05) is 6.42 Å². The van der Waals surface area contributed by atoms with Crippen LogP contribution in [0.3, 0.4) is 0 Å². The number of rotatable bonds is 6. The molecule has 0 N–H and O–H groups in total. The molecule has 1 aliphatic rings. The van der Waals surface area contributed by atoms with Crippen LogP contribution < -0.4 is 0 Å². The third-order valence-electron chi connectivity index (χ3n) is 4.34. The van der Waals surface area contributed by atoms with Gasteiger partial charge in [-0.3, -0.25) is 4.90 Å². The Balaban J connectivity index is 1.80. The second kappa shape index (κ2) is 7.18. The maximum absolute atomic E-state index is 5.37. The van der Waals surface area contributed by atoms with Crippen molar-refractivity contribution in [3.05, 3.63) is 11.7 Å². The Morgan fingerprint density at radius 2 is 2.05 bits per heavy atom. The molecule has 0 saturated carbocycles. The zero-order valence-electron chi connectivity index (χ0n) is 13.3. The van der Waals surface area contributed by atoms with Crippen LogP contribution >= 0.6 is 0 Å². The molecule has 1 atom stereocenters. The molecule has 0 bridgehead atoms. The fraction of sp³-hybridized carbons (Fsp3) is 0.867. The van der Waals surface area contributed by atoms with Gasteiger partial charge in [-0.1, -0.05) is 12.1 Å². The Bertz CT molecular complexity index is 396. The van der Waals surface area contributed by atoms with Crippen molar-refractivity contribution in [2.75, 3.05) is 33.7 Å². The van der Waals surface area contributed by atoms with Crippen molar-refractivity contribution in [3.63, 3.8) is 0 Å². The zero-order valence-corrected chi connectivity index (χ0v) is 13.3. The highest BCUT2D eigenvalue weighted by Crippen LogP contribution is 2.27. The highest BCUT2D eigenvalue weighted by molar-refractivity contribution is 4.93. The minimum Gasteiger partial charge on any atom is -0.338 e. The predicted molar refractivity (Wildman–Crippen MR) is 79.6 cm³/mol. The second-order valence-corrected chi connectivity index (χ2v) is 6.15. The number of likely N-dealkylation sites (tertiary alicyclic amines) is 1. The van der Waals surface area contributed by atoms with Crippen LogP contribution in [0.15, 0.2) is 4.52 Å². The molecule has 1 aromatic rings. The molecule has 2 heterocycles. The molecule has 0 spiro atoms. The summed E-state index contributed by atoms with van der Waals surface area (Å²) in [5.41, 5.74) is 0. The second-order valence-electron chi connectivity index (χ2n) is 6.15. The van der Waals surface area contributed by atoms with Gasteiger partial charge in [0.05, 0.1) is 6.04 Å². The Labute approximate surface area is 122 Å². The van der Waals surface area contributed by atoms with E-state index < -0.39 is 0 Å². The van der Waals surface area contributed by atoms with Crippen LogP contribution in [0.2, 0.25) is 0 Å². The fourth-order valence-corrected chi connectivity index (χ4v) is 2.81. The topological polar surface area (TPSA) is 45.4 Å². The van der Waals surface area contributed by atoms with Gasteiger partial charge in [0.15, 0.2) is 5.82 Å². The molecule has 1 aromatic heterocycles. The van der Waals surface area contributed by atoms with Gasteiger partial charge in [-0.05, 0) is 65.8 Å². The van der Waals surface area contributed by atoms with Gasteiger partial charge in [-0.2, -0.15) is 4.98 Å². The van der Waals surface area contributed by atoms with Crippen molar-refractivity contribution < 1.29 is 4.52 Å². The molecule has 20 heavy (non-hydrogen) atoms. The third-order valence-corrected chi connectivity index (χ3v) is 4.34. The summed E-state index contributed by atoms with van der Waals surface area (Å²) in [6, 6.07) is 0.248. The summed E-state index contributed by atoms with van der Waals surface area (Å²) >= 11 is 0. The first-order chi connectivity index (χ1) is 9.60. The van der Waals surface area contributed by atoms with Gasteiger partial charge in [0.1, 0.15) is 0 Å². The Hall–Kier alpha value is -0.940. The van der Waals surface area contributed by atoms with E-state index in [0.717, 1.165) is 37.1 Å². The summed E-state index contributed by atoms with van der Waals surface area (Å²) in [7, 11) is 4.30. The lowest BCUT2D eigenvalue weighted by atomic mass is 9.92. The largest absolute Gasteiger partial charge is 0.338 e. The highest BCUT2D eigenvalue weighted by atomic mass is 16.5. The normalized spacial score (nSPS) is 19.6. The minimum atomic E-state index is 0.248. The van der Waals surface area contributed by atoms with Crippen LogP contribution in [0.4, 0.5) is 0 Å². The van der Waals surface area contributed by atoms with Crippen molar-refractivity contribution in [2.24, 2.45) is 5.92 Å². The molecule has 2 rings (SSSR count). The summed E-state index contributed by atoms with van der Waals surface area (Å²) in [6.07, 6.45) is 4.72. The van der Waals surface area contributed by atoms with Crippen LogP contribution in [0.5, 0.6) is 0 Å². The Morgan fingerprint density at radius 3 is 2.60 bits per heavy atom. The lowest BCUT2D eigenvalue weighted by molar-refractivity contribution is 0.114. The number of nitrogens with zero attached hydrogens (tertiary/aromatic N) is 4. The molecule has 0 aliphatic carbocycles. The van der Waals surface area contributed by atoms with E-state index in [0.29, 0.717) is 0 Å². The molecule has 5 nitrogen and oxygen atoms in total. The smallest absolute Gasteiger partial charge is 0.243 e. The predicted octanol–water partition coefficient (Wildman–Crippen LogP) is 2.36. The molecule has 1 aliphatic heterocycles. The van der Waals surface area contributed by atoms with Crippen LogP contribution in [0.1, 0.15) is 50.9 Å². The van der Waals surface area contributed by atoms with Gasteiger partial charge in [-0.15, -0.1) is 0 Å². The first kappa shape index (κ1) is 15.4. The zero-order chi connectivity index (χ0) is 14.5. The molecule has 1 saturated heterocycles. The molecule has 114 valence electrons. The molecule has 0 unspecified atom stereocenters. The van der Waals surface area contributed by atoms with E-state index in [9.17, 15) is 0 Å². The molecule has 0 amide bonds. The summed E-state index contributed by atoms with van der Waals surface area (Å²) in [4.78, 5) is 9.21. The van der Waals surface area contributed by atoms with Gasteiger partial charge >= 0.3 is 0 Å². The van der Waals surface area contributed by atoms with Crippen molar-refractivity contribution in [1.29, 1.82) is 0 Å². The van der Waals surface area contributed by atoms with E-state index in [2.05, 4.69) is 47.9 Å². The third kappa shape index (κ3) is 4.03. The van der Waals surface area contributed by atoms with Crippen molar-refractivity contribution in [1.82, 2.24) is 19.9 Å². The number of aryl methyl sites for hydroxylation is 1. The van der Waals surface area contributed by atoms with Crippen LogP contribution in [-0.4, -0.2) is 53.7 Å². The lowest BCUT2D eigenvalue weighted by Crippen LogP contribution is -2.36. The first-order valence-corrected chi connectivity index (χ1v) is 7.81. The molecule has 0 radical (unpaired) electrons. The Morgan fingerprint density at radius 1 is 1.35 bits per heavy atom. The highest BCUT2D eigenvalue weighted by Gasteiger charge is 2.26. The molecule has 0 aromatic carbocycles. The SMILES string of the molecule is CCc1noc([C@@H](C)N2CCC(CCN(C)C)CC2)n1. The summed E-state index contributed by atoms with van der Waals surface area (Å²) in [5.74, 6) is 2.45. The van der Waals surface area contributed by atoms with E-state index in [1.807, 2.05) is 0 Å². The van der Waals surface area contributed by atoms with Crippen LogP contribution in [-0.2, 0) is 6.42 Å². The van der Waals surface area contributed by atoms with Gasteiger partial charge in [-0.25, -0.2) is 0 Å². The summed E-state index contributed by atoms with van der Waals surface area (Å²) < 4.78 is 5.37. The van der Waals surface area contributed by atoms with Crippen molar-refractivity contribution in [2.45, 2.75) is 45.6 Å². The van der Waals surface area contributed by atoms with Gasteiger partial charge in [0.2, 0.25) is 5.89 Å². The number of piperidine rings is 1. The quantitative estimate of drug-likeness (QED) is 0.800. The van der Waals surface area contributed by atoms with Gasteiger partial charge < -0.3 is 9.42 Å². The summed E-state index contributed by atoms with van der Waals surface area (Å²) in [5, 5.41) is 4.00. The van der Waals surface area contributed by atoms with E-state index in [1.54, 1.807) is 0 Å². The minimum absolute atomic E-state index is 0.248. The molecular weight excluding hydrogens is 252 g/mol.